The van der Waals surface area contributed by atoms with Crippen molar-refractivity contribution in [2.75, 3.05) is 26.2 Å². The number of aryl methyl sites for hydroxylation is 1. The Kier molecular flexibility index (Phi) is 3.96. The molecule has 1 aromatic rings. The standard InChI is InChI=1S/C14H19N5O3/c1-10-15-7-14(19(21)22)18(10)5-4-17-3-2-12-11(8-17)6-16-13(12)9-20/h7,11-12,16H,2-6,8H2,1H3. The Balaban J connectivity index is 1.61. The van der Waals surface area contributed by atoms with Gasteiger partial charge in [0.25, 0.3) is 0 Å². The first-order valence-corrected chi connectivity index (χ1v) is 7.48. The van der Waals surface area contributed by atoms with Crippen LogP contribution >= 0.6 is 0 Å². The molecule has 2 aliphatic heterocycles. The van der Waals surface area contributed by atoms with Crippen molar-refractivity contribution in [3.8, 4) is 0 Å². The lowest BCUT2D eigenvalue weighted by Gasteiger charge is -2.33. The Morgan fingerprint density at radius 1 is 1.55 bits per heavy atom. The molecular formula is C14H19N5O3. The fourth-order valence-electron chi connectivity index (χ4n) is 3.50. The van der Waals surface area contributed by atoms with Crippen molar-refractivity contribution in [2.45, 2.75) is 19.9 Å². The first kappa shape index (κ1) is 14.7. The summed E-state index contributed by atoms with van der Waals surface area (Å²) in [5, 5.41) is 14.1. The SMILES string of the molecule is Cc1ncc([N+](=O)[O-])n1CCN1CCC2C(=C=O)NCC2C1. The molecule has 2 saturated heterocycles. The zero-order valence-electron chi connectivity index (χ0n) is 12.5. The number of hydrogen-bond acceptors (Lipinski definition) is 6. The number of nitrogens with zero attached hydrogens (tertiary/aromatic N) is 4. The highest BCUT2D eigenvalue weighted by Crippen LogP contribution is 2.31. The van der Waals surface area contributed by atoms with E-state index < -0.39 is 4.92 Å². The van der Waals surface area contributed by atoms with Crippen LogP contribution in [0.5, 0.6) is 0 Å². The van der Waals surface area contributed by atoms with Crippen LogP contribution < -0.4 is 5.32 Å². The fraction of sp³-hybridized carbons (Fsp3) is 0.643. The second kappa shape index (κ2) is 5.90. The molecule has 1 N–H and O–H groups in total. The lowest BCUT2D eigenvalue weighted by atomic mass is 9.87. The van der Waals surface area contributed by atoms with E-state index in [4.69, 9.17) is 0 Å². The summed E-state index contributed by atoms with van der Waals surface area (Å²) in [6.45, 7) is 5.71. The van der Waals surface area contributed by atoms with E-state index in [0.29, 0.717) is 29.9 Å². The van der Waals surface area contributed by atoms with Gasteiger partial charge in [0.05, 0.1) is 5.70 Å². The topological polar surface area (TPSA) is 93.3 Å². The van der Waals surface area contributed by atoms with Crippen LogP contribution in [0, 0.1) is 28.9 Å². The van der Waals surface area contributed by atoms with Crippen LogP contribution in [0.15, 0.2) is 11.9 Å². The summed E-state index contributed by atoms with van der Waals surface area (Å²) in [5.74, 6) is 3.45. The third-order valence-corrected chi connectivity index (χ3v) is 4.71. The average molecular weight is 305 g/mol. The molecule has 0 radical (unpaired) electrons. The Bertz CT molecular complexity index is 634. The molecule has 22 heavy (non-hydrogen) atoms. The Hall–Kier alpha value is -2.18. The van der Waals surface area contributed by atoms with Crippen molar-refractivity contribution < 1.29 is 9.72 Å². The molecule has 0 bridgehead atoms. The van der Waals surface area contributed by atoms with Gasteiger partial charge in [-0.2, -0.15) is 0 Å². The fourth-order valence-corrected chi connectivity index (χ4v) is 3.50. The molecule has 0 amide bonds. The van der Waals surface area contributed by atoms with Crippen LogP contribution in [0.2, 0.25) is 0 Å². The second-order valence-corrected chi connectivity index (χ2v) is 5.92. The molecule has 3 heterocycles. The molecule has 8 nitrogen and oxygen atoms in total. The Morgan fingerprint density at radius 3 is 3.09 bits per heavy atom. The minimum absolute atomic E-state index is 0.0427. The summed E-state index contributed by atoms with van der Waals surface area (Å²) in [6, 6.07) is 0. The molecule has 2 unspecified atom stereocenters. The number of piperidine rings is 1. The number of nitro groups is 1. The van der Waals surface area contributed by atoms with Gasteiger partial charge in [-0.1, -0.05) is 0 Å². The van der Waals surface area contributed by atoms with E-state index in [-0.39, 0.29) is 5.82 Å². The van der Waals surface area contributed by atoms with Gasteiger partial charge in [-0.05, 0) is 23.8 Å². The zero-order valence-corrected chi connectivity index (χ0v) is 12.5. The van der Waals surface area contributed by atoms with E-state index in [2.05, 4.69) is 15.2 Å². The number of hydrogen-bond donors (Lipinski definition) is 1. The van der Waals surface area contributed by atoms with Crippen LogP contribution in [-0.2, 0) is 11.3 Å². The number of carbonyl (C=O) groups excluding carboxylic acids is 1. The van der Waals surface area contributed by atoms with Crippen LogP contribution in [0.25, 0.3) is 0 Å². The molecular weight excluding hydrogens is 286 g/mol. The minimum atomic E-state index is -0.395. The summed E-state index contributed by atoms with van der Waals surface area (Å²) in [6.07, 6.45) is 2.25. The van der Waals surface area contributed by atoms with Gasteiger partial charge in [-0.3, -0.25) is 4.90 Å². The van der Waals surface area contributed by atoms with E-state index in [9.17, 15) is 14.9 Å². The maximum Gasteiger partial charge on any atom is 0.342 e. The van der Waals surface area contributed by atoms with Crippen LogP contribution in [0.3, 0.4) is 0 Å². The molecule has 0 aliphatic carbocycles. The molecule has 8 heteroatoms. The highest BCUT2D eigenvalue weighted by Gasteiger charge is 2.37. The third-order valence-electron chi connectivity index (χ3n) is 4.71. The summed E-state index contributed by atoms with van der Waals surface area (Å²) in [7, 11) is 0. The van der Waals surface area contributed by atoms with Crippen molar-refractivity contribution in [1.29, 1.82) is 0 Å². The molecule has 2 aliphatic rings. The number of aromatic nitrogens is 2. The highest BCUT2D eigenvalue weighted by atomic mass is 16.6. The van der Waals surface area contributed by atoms with Gasteiger partial charge in [0.2, 0.25) is 0 Å². The number of likely N-dealkylation sites (tertiary alicyclic amines) is 1. The largest absolute Gasteiger partial charge is 0.379 e. The van der Waals surface area contributed by atoms with Crippen LogP contribution in [-0.4, -0.2) is 51.5 Å². The first-order chi connectivity index (χ1) is 10.6. The molecule has 118 valence electrons. The van der Waals surface area contributed by atoms with Crippen LogP contribution in [0.1, 0.15) is 12.2 Å². The van der Waals surface area contributed by atoms with Gasteiger partial charge in [0.1, 0.15) is 18.7 Å². The molecule has 2 atom stereocenters. The van der Waals surface area contributed by atoms with Crippen molar-refractivity contribution in [3.05, 3.63) is 27.8 Å². The smallest absolute Gasteiger partial charge is 0.342 e. The predicted molar refractivity (Wildman–Crippen MR) is 78.9 cm³/mol. The number of fused-ring (bicyclic) bond motifs is 1. The molecule has 0 saturated carbocycles. The Morgan fingerprint density at radius 2 is 2.36 bits per heavy atom. The maximum atomic E-state index is 11.0. The number of imidazole rings is 1. The highest BCUT2D eigenvalue weighted by molar-refractivity contribution is 5.53. The van der Waals surface area contributed by atoms with Gasteiger partial charge in [-0.15, -0.1) is 0 Å². The van der Waals surface area contributed by atoms with Gasteiger partial charge >= 0.3 is 5.82 Å². The lowest BCUT2D eigenvalue weighted by molar-refractivity contribution is -0.392. The van der Waals surface area contributed by atoms with E-state index in [0.717, 1.165) is 32.6 Å². The quantitative estimate of drug-likeness (QED) is 0.490. The molecule has 2 fully saturated rings. The van der Waals surface area contributed by atoms with Gasteiger partial charge in [0.15, 0.2) is 5.82 Å². The second-order valence-electron chi connectivity index (χ2n) is 5.92. The summed E-state index contributed by atoms with van der Waals surface area (Å²) >= 11 is 0. The normalized spacial score (nSPS) is 24.7. The molecule has 0 spiro atoms. The maximum absolute atomic E-state index is 11.0. The van der Waals surface area contributed by atoms with E-state index in [1.807, 2.05) is 5.94 Å². The van der Waals surface area contributed by atoms with Crippen LogP contribution in [0.4, 0.5) is 5.82 Å². The predicted octanol–water partition coefficient (Wildman–Crippen LogP) is 0.357. The Labute approximate surface area is 128 Å². The molecule has 3 rings (SSSR count). The lowest BCUT2D eigenvalue weighted by Crippen LogP contribution is -2.41. The molecule has 1 aromatic heterocycles. The minimum Gasteiger partial charge on any atom is -0.379 e. The van der Waals surface area contributed by atoms with Crippen molar-refractivity contribution >= 4 is 11.8 Å². The zero-order chi connectivity index (χ0) is 15.7. The van der Waals surface area contributed by atoms with Crippen molar-refractivity contribution in [2.24, 2.45) is 11.8 Å². The molecule has 0 aromatic carbocycles. The summed E-state index contributed by atoms with van der Waals surface area (Å²) in [5.41, 5.74) is 0.714. The first-order valence-electron chi connectivity index (χ1n) is 7.48. The summed E-state index contributed by atoms with van der Waals surface area (Å²) in [4.78, 5) is 27.8. The van der Waals surface area contributed by atoms with Crippen molar-refractivity contribution in [1.82, 2.24) is 19.8 Å². The van der Waals surface area contributed by atoms with Gasteiger partial charge in [0, 0.05) is 32.5 Å². The van der Waals surface area contributed by atoms with E-state index in [1.54, 1.807) is 11.5 Å². The van der Waals surface area contributed by atoms with E-state index in [1.165, 1.54) is 6.20 Å². The monoisotopic (exact) mass is 305 g/mol. The van der Waals surface area contributed by atoms with Gasteiger partial charge < -0.3 is 15.4 Å². The van der Waals surface area contributed by atoms with Gasteiger partial charge in [-0.25, -0.2) is 14.3 Å². The third kappa shape index (κ3) is 2.63. The number of allylic oxidation sites excluding steroid dienone is 1. The summed E-state index contributed by atoms with van der Waals surface area (Å²) < 4.78 is 1.65. The van der Waals surface area contributed by atoms with E-state index >= 15 is 0 Å². The average Bonchev–Trinajstić information content (AvgIpc) is 3.07. The number of nitrogens with one attached hydrogen (secondary N) is 1. The van der Waals surface area contributed by atoms with Crippen molar-refractivity contribution in [3.63, 3.8) is 0 Å². The number of rotatable bonds is 4.